The van der Waals surface area contributed by atoms with Gasteiger partial charge in [0.25, 0.3) is 0 Å². The van der Waals surface area contributed by atoms with Gasteiger partial charge in [0.2, 0.25) is 15.9 Å². The first-order valence-corrected chi connectivity index (χ1v) is 12.7. The molecule has 0 aromatic heterocycles. The molecule has 5 nitrogen and oxygen atoms in total. The number of sulfonamides is 1. The molecule has 1 heterocycles. The van der Waals surface area contributed by atoms with E-state index in [0.717, 1.165) is 18.4 Å². The van der Waals surface area contributed by atoms with Crippen LogP contribution in [0.3, 0.4) is 0 Å². The first-order valence-electron chi connectivity index (χ1n) is 11.3. The molecule has 1 aliphatic rings. The Kier molecular flexibility index (Phi) is 10.2. The molecule has 1 aromatic rings. The fourth-order valence-electron chi connectivity index (χ4n) is 3.78. The first kappa shape index (κ1) is 23.9. The lowest BCUT2D eigenvalue weighted by molar-refractivity contribution is -0.132. The van der Waals surface area contributed by atoms with Crippen LogP contribution < -0.4 is 0 Å². The van der Waals surface area contributed by atoms with E-state index < -0.39 is 10.0 Å². The smallest absolute Gasteiger partial charge is 0.243 e. The molecule has 0 aliphatic carbocycles. The summed E-state index contributed by atoms with van der Waals surface area (Å²) in [7, 11) is -3.47. The minimum absolute atomic E-state index is 0.167. The van der Waals surface area contributed by atoms with Crippen molar-refractivity contribution in [2.45, 2.75) is 83.0 Å². The maximum atomic E-state index is 12.8. The van der Waals surface area contributed by atoms with E-state index in [1.165, 1.54) is 49.3 Å². The number of nitrogens with zero attached hydrogens (tertiary/aromatic N) is 2. The molecule has 2 rings (SSSR count). The minimum Gasteiger partial charge on any atom is -0.340 e. The topological polar surface area (TPSA) is 57.7 Å². The van der Waals surface area contributed by atoms with E-state index in [1.54, 1.807) is 12.1 Å². The van der Waals surface area contributed by atoms with Crippen LogP contribution in [0.5, 0.6) is 0 Å². The number of piperazine rings is 1. The monoisotopic (exact) mass is 422 g/mol. The zero-order valence-corrected chi connectivity index (χ0v) is 19.1. The Morgan fingerprint density at radius 3 is 1.90 bits per heavy atom. The fraction of sp³-hybridized carbons (Fsp3) is 0.696. The average Bonchev–Trinajstić information content (AvgIpc) is 2.73. The summed E-state index contributed by atoms with van der Waals surface area (Å²) >= 11 is 0. The van der Waals surface area contributed by atoms with Crippen molar-refractivity contribution in [3.63, 3.8) is 0 Å². The molecule has 0 unspecified atom stereocenters. The molecule has 0 saturated carbocycles. The highest BCUT2D eigenvalue weighted by Crippen LogP contribution is 2.19. The summed E-state index contributed by atoms with van der Waals surface area (Å²) in [6.45, 7) is 5.90. The van der Waals surface area contributed by atoms with Crippen molar-refractivity contribution in [2.75, 3.05) is 26.2 Å². The number of unbranched alkanes of at least 4 members (excludes halogenated alkanes) is 8. The SMILES string of the molecule is CCCCCCCCCCCC(=O)N1CCN(S(=O)(=O)c2ccc(C)cc2)CC1. The van der Waals surface area contributed by atoms with Crippen LogP contribution in [-0.2, 0) is 14.8 Å². The number of benzene rings is 1. The maximum Gasteiger partial charge on any atom is 0.243 e. The Morgan fingerprint density at radius 1 is 0.828 bits per heavy atom. The summed E-state index contributed by atoms with van der Waals surface area (Å²) in [6, 6.07) is 6.95. The molecule has 6 heteroatoms. The summed E-state index contributed by atoms with van der Waals surface area (Å²) in [6.07, 6.45) is 11.7. The van der Waals surface area contributed by atoms with Crippen molar-refractivity contribution in [3.8, 4) is 0 Å². The molecular weight excluding hydrogens is 384 g/mol. The molecule has 29 heavy (non-hydrogen) atoms. The van der Waals surface area contributed by atoms with Crippen LogP contribution in [0, 0.1) is 6.92 Å². The van der Waals surface area contributed by atoms with Crippen molar-refractivity contribution in [3.05, 3.63) is 29.8 Å². The predicted octanol–water partition coefficient (Wildman–Crippen LogP) is 4.75. The number of rotatable bonds is 12. The standard InChI is InChI=1S/C23H38N2O3S/c1-3-4-5-6-7-8-9-10-11-12-23(26)24-17-19-25(20-18-24)29(27,28)22-15-13-21(2)14-16-22/h13-16H,3-12,17-20H2,1-2H3. The molecule has 1 saturated heterocycles. The second-order valence-electron chi connectivity index (χ2n) is 8.18. The average molecular weight is 423 g/mol. The highest BCUT2D eigenvalue weighted by Gasteiger charge is 2.29. The van der Waals surface area contributed by atoms with E-state index in [1.807, 2.05) is 24.0 Å². The van der Waals surface area contributed by atoms with Gasteiger partial charge >= 0.3 is 0 Å². The van der Waals surface area contributed by atoms with Crippen LogP contribution in [0.25, 0.3) is 0 Å². The van der Waals surface area contributed by atoms with Crippen LogP contribution in [0.2, 0.25) is 0 Å². The van der Waals surface area contributed by atoms with Gasteiger partial charge in [-0.3, -0.25) is 4.79 Å². The van der Waals surface area contributed by atoms with Crippen LogP contribution in [0.15, 0.2) is 29.2 Å². The number of carbonyl (C=O) groups is 1. The summed E-state index contributed by atoms with van der Waals surface area (Å²) in [4.78, 5) is 14.6. The zero-order chi connectivity index (χ0) is 21.1. The Hall–Kier alpha value is -1.40. The number of amides is 1. The second-order valence-corrected chi connectivity index (χ2v) is 10.1. The number of aryl methyl sites for hydroxylation is 1. The van der Waals surface area contributed by atoms with E-state index in [0.29, 0.717) is 37.5 Å². The van der Waals surface area contributed by atoms with Gasteiger partial charge in [0.1, 0.15) is 0 Å². The summed E-state index contributed by atoms with van der Waals surface area (Å²) < 4.78 is 27.0. The molecular formula is C23H38N2O3S. The predicted molar refractivity (Wildman–Crippen MR) is 118 cm³/mol. The Bertz CT molecular complexity index is 708. The van der Waals surface area contributed by atoms with Gasteiger partial charge < -0.3 is 4.90 Å². The highest BCUT2D eigenvalue weighted by molar-refractivity contribution is 7.89. The van der Waals surface area contributed by atoms with Crippen LogP contribution in [-0.4, -0.2) is 49.7 Å². The van der Waals surface area contributed by atoms with Gasteiger partial charge in [-0.05, 0) is 25.5 Å². The lowest BCUT2D eigenvalue weighted by Gasteiger charge is -2.34. The van der Waals surface area contributed by atoms with Crippen molar-refractivity contribution in [1.29, 1.82) is 0 Å². The number of carbonyl (C=O) groups excluding carboxylic acids is 1. The molecule has 0 bridgehead atoms. The van der Waals surface area contributed by atoms with E-state index >= 15 is 0 Å². The van der Waals surface area contributed by atoms with Crippen molar-refractivity contribution < 1.29 is 13.2 Å². The third kappa shape index (κ3) is 7.74. The molecule has 0 radical (unpaired) electrons. The van der Waals surface area contributed by atoms with Crippen molar-refractivity contribution in [1.82, 2.24) is 9.21 Å². The van der Waals surface area contributed by atoms with Crippen molar-refractivity contribution >= 4 is 15.9 Å². The lowest BCUT2D eigenvalue weighted by atomic mass is 10.1. The minimum atomic E-state index is -3.47. The van der Waals surface area contributed by atoms with Gasteiger partial charge in [-0.1, -0.05) is 76.0 Å². The fourth-order valence-corrected chi connectivity index (χ4v) is 5.20. The first-order chi connectivity index (χ1) is 13.9. The highest BCUT2D eigenvalue weighted by atomic mass is 32.2. The van der Waals surface area contributed by atoms with E-state index in [2.05, 4.69) is 6.92 Å². The summed E-state index contributed by atoms with van der Waals surface area (Å²) in [5.74, 6) is 0.167. The van der Waals surface area contributed by atoms with E-state index in [4.69, 9.17) is 0 Å². The van der Waals surface area contributed by atoms with Gasteiger partial charge in [0.05, 0.1) is 4.90 Å². The molecule has 1 aromatic carbocycles. The Morgan fingerprint density at radius 2 is 1.34 bits per heavy atom. The van der Waals surface area contributed by atoms with E-state index in [9.17, 15) is 13.2 Å². The Balaban J connectivity index is 1.64. The number of hydrogen-bond acceptors (Lipinski definition) is 3. The Labute approximate surface area is 177 Å². The van der Waals surface area contributed by atoms with Gasteiger partial charge in [-0.15, -0.1) is 0 Å². The van der Waals surface area contributed by atoms with Crippen molar-refractivity contribution in [2.24, 2.45) is 0 Å². The molecule has 0 atom stereocenters. The third-order valence-electron chi connectivity index (χ3n) is 5.74. The quantitative estimate of drug-likeness (QED) is 0.457. The van der Waals surface area contributed by atoms with Crippen LogP contribution in [0.1, 0.15) is 76.7 Å². The van der Waals surface area contributed by atoms with E-state index in [-0.39, 0.29) is 5.91 Å². The molecule has 0 N–H and O–H groups in total. The molecule has 164 valence electrons. The molecule has 1 fully saturated rings. The largest absolute Gasteiger partial charge is 0.340 e. The van der Waals surface area contributed by atoms with Crippen LogP contribution >= 0.6 is 0 Å². The van der Waals surface area contributed by atoms with Gasteiger partial charge in [-0.2, -0.15) is 4.31 Å². The normalized spacial score (nSPS) is 15.6. The molecule has 0 spiro atoms. The third-order valence-corrected chi connectivity index (χ3v) is 7.66. The van der Waals surface area contributed by atoms with Gasteiger partial charge in [0.15, 0.2) is 0 Å². The molecule has 1 amide bonds. The molecule has 1 aliphatic heterocycles. The zero-order valence-electron chi connectivity index (χ0n) is 18.2. The number of hydrogen-bond donors (Lipinski definition) is 0. The van der Waals surface area contributed by atoms with Crippen LogP contribution in [0.4, 0.5) is 0 Å². The summed E-state index contributed by atoms with van der Waals surface area (Å²) in [5, 5.41) is 0. The second kappa shape index (κ2) is 12.3. The van der Waals surface area contributed by atoms with Gasteiger partial charge in [-0.25, -0.2) is 8.42 Å². The van der Waals surface area contributed by atoms with Gasteiger partial charge in [0, 0.05) is 32.6 Å². The maximum absolute atomic E-state index is 12.8. The lowest BCUT2D eigenvalue weighted by Crippen LogP contribution is -2.50. The summed E-state index contributed by atoms with van der Waals surface area (Å²) in [5.41, 5.74) is 1.04.